The maximum absolute atomic E-state index is 14.1. The van der Waals surface area contributed by atoms with Gasteiger partial charge in [-0.3, -0.25) is 9.69 Å². The maximum Gasteiger partial charge on any atom is 0.225 e. The molecular formula is C24H29ClFN3O2. The predicted octanol–water partition coefficient (Wildman–Crippen LogP) is 4.05. The largest absolute Gasteiger partial charge is 0.497 e. The summed E-state index contributed by atoms with van der Waals surface area (Å²) in [6, 6.07) is 12.9. The summed E-state index contributed by atoms with van der Waals surface area (Å²) in [5.41, 5.74) is 1.82. The van der Waals surface area contributed by atoms with Crippen molar-refractivity contribution in [2.24, 2.45) is 5.92 Å². The lowest BCUT2D eigenvalue weighted by Crippen LogP contribution is -2.51. The monoisotopic (exact) mass is 445 g/mol. The van der Waals surface area contributed by atoms with Gasteiger partial charge in [0.2, 0.25) is 5.91 Å². The molecule has 0 saturated carbocycles. The minimum atomic E-state index is -0.263. The predicted molar refractivity (Wildman–Crippen MR) is 121 cm³/mol. The first-order chi connectivity index (χ1) is 15.0. The summed E-state index contributed by atoms with van der Waals surface area (Å²) in [4.78, 5) is 19.6. The zero-order valence-corrected chi connectivity index (χ0v) is 18.7. The normalized spacial score (nSPS) is 18.3. The first-order valence-corrected chi connectivity index (χ1v) is 11.3. The lowest BCUT2D eigenvalue weighted by molar-refractivity contribution is -0.137. The minimum absolute atomic E-state index is 0.0684. The van der Waals surface area contributed by atoms with Crippen LogP contribution in [0.2, 0.25) is 5.02 Å². The topological polar surface area (TPSA) is 36.0 Å². The number of piperazine rings is 1. The molecule has 7 heteroatoms. The number of likely N-dealkylation sites (tertiary alicyclic amines) is 1. The molecule has 0 spiro atoms. The van der Waals surface area contributed by atoms with Gasteiger partial charge in [0.25, 0.3) is 0 Å². The fraction of sp³-hybridized carbons (Fsp3) is 0.458. The number of ether oxygens (including phenoxy) is 1. The van der Waals surface area contributed by atoms with E-state index in [2.05, 4.69) is 21.9 Å². The molecule has 1 amide bonds. The number of anilines is 1. The standard InChI is InChI=1S/C24H29ClFN3O2/c1-31-22-6-4-21(5-7-22)28-12-14-29(15-13-28)24(30)18-8-10-27(11-9-18)17-19-2-3-20(25)16-23(19)26/h2-7,16,18H,8-15,17H2,1H3. The summed E-state index contributed by atoms with van der Waals surface area (Å²) < 4.78 is 19.3. The number of piperidine rings is 1. The molecule has 31 heavy (non-hydrogen) atoms. The molecule has 0 N–H and O–H groups in total. The highest BCUT2D eigenvalue weighted by Gasteiger charge is 2.30. The number of methoxy groups -OCH3 is 1. The van der Waals surface area contributed by atoms with Gasteiger partial charge in [0.1, 0.15) is 11.6 Å². The Hall–Kier alpha value is -2.31. The summed E-state index contributed by atoms with van der Waals surface area (Å²) >= 11 is 5.84. The van der Waals surface area contributed by atoms with E-state index in [-0.39, 0.29) is 17.6 Å². The van der Waals surface area contributed by atoms with Gasteiger partial charge in [-0.15, -0.1) is 0 Å². The van der Waals surface area contributed by atoms with Gasteiger partial charge in [0, 0.05) is 54.9 Å². The Morgan fingerprint density at radius 3 is 2.32 bits per heavy atom. The molecule has 0 atom stereocenters. The van der Waals surface area contributed by atoms with Crippen molar-refractivity contribution in [3.05, 3.63) is 58.9 Å². The number of benzene rings is 2. The number of hydrogen-bond donors (Lipinski definition) is 0. The van der Waals surface area contributed by atoms with E-state index in [1.165, 1.54) is 6.07 Å². The van der Waals surface area contributed by atoms with Crippen LogP contribution in [0.15, 0.2) is 42.5 Å². The summed E-state index contributed by atoms with van der Waals surface area (Å²) in [6.07, 6.45) is 1.65. The number of rotatable bonds is 5. The molecule has 166 valence electrons. The van der Waals surface area contributed by atoms with Crippen LogP contribution < -0.4 is 9.64 Å². The third kappa shape index (κ3) is 5.31. The molecule has 0 aromatic heterocycles. The Morgan fingerprint density at radius 1 is 1.03 bits per heavy atom. The van der Waals surface area contributed by atoms with Crippen LogP contribution in [0, 0.1) is 11.7 Å². The minimum Gasteiger partial charge on any atom is -0.497 e. The van der Waals surface area contributed by atoms with Crippen LogP contribution in [0.4, 0.5) is 10.1 Å². The van der Waals surface area contributed by atoms with E-state index in [9.17, 15) is 9.18 Å². The second kappa shape index (κ2) is 9.88. The van der Waals surface area contributed by atoms with Crippen molar-refractivity contribution in [1.29, 1.82) is 0 Å². The first kappa shape index (κ1) is 21.9. The number of carbonyl (C=O) groups is 1. The Balaban J connectivity index is 1.24. The molecule has 2 aromatic rings. The Labute approximate surface area is 188 Å². The zero-order chi connectivity index (χ0) is 21.8. The number of halogens is 2. The van der Waals surface area contributed by atoms with Crippen molar-refractivity contribution in [2.45, 2.75) is 19.4 Å². The highest BCUT2D eigenvalue weighted by Crippen LogP contribution is 2.25. The van der Waals surface area contributed by atoms with Crippen molar-refractivity contribution >= 4 is 23.2 Å². The molecule has 2 fully saturated rings. The molecule has 0 aliphatic carbocycles. The lowest BCUT2D eigenvalue weighted by atomic mass is 9.94. The average molecular weight is 446 g/mol. The van der Waals surface area contributed by atoms with Gasteiger partial charge in [-0.25, -0.2) is 4.39 Å². The third-order valence-corrected chi connectivity index (χ3v) is 6.61. The van der Waals surface area contributed by atoms with E-state index < -0.39 is 0 Å². The van der Waals surface area contributed by atoms with Gasteiger partial charge in [-0.2, -0.15) is 0 Å². The highest BCUT2D eigenvalue weighted by atomic mass is 35.5. The quantitative estimate of drug-likeness (QED) is 0.695. The first-order valence-electron chi connectivity index (χ1n) is 10.9. The van der Waals surface area contributed by atoms with Gasteiger partial charge in [0.05, 0.1) is 7.11 Å². The third-order valence-electron chi connectivity index (χ3n) is 6.37. The number of nitrogens with zero attached hydrogens (tertiary/aromatic N) is 3. The van der Waals surface area contributed by atoms with Crippen LogP contribution in [0.1, 0.15) is 18.4 Å². The molecule has 2 aromatic carbocycles. The number of amides is 1. The van der Waals surface area contributed by atoms with E-state index in [0.717, 1.165) is 63.5 Å². The molecular weight excluding hydrogens is 417 g/mol. The smallest absolute Gasteiger partial charge is 0.225 e. The second-order valence-corrected chi connectivity index (χ2v) is 8.73. The van der Waals surface area contributed by atoms with Crippen LogP contribution in [-0.4, -0.2) is 62.1 Å². The molecule has 2 heterocycles. The van der Waals surface area contributed by atoms with E-state index >= 15 is 0 Å². The van der Waals surface area contributed by atoms with Gasteiger partial charge < -0.3 is 14.5 Å². The van der Waals surface area contributed by atoms with Crippen LogP contribution in [0.3, 0.4) is 0 Å². The summed E-state index contributed by atoms with van der Waals surface area (Å²) in [6.45, 7) is 5.36. The van der Waals surface area contributed by atoms with Crippen LogP contribution in [0.5, 0.6) is 5.75 Å². The van der Waals surface area contributed by atoms with Crippen LogP contribution >= 0.6 is 11.6 Å². The van der Waals surface area contributed by atoms with E-state index in [0.29, 0.717) is 17.1 Å². The van der Waals surface area contributed by atoms with Crippen molar-refractivity contribution < 1.29 is 13.9 Å². The molecule has 5 nitrogen and oxygen atoms in total. The van der Waals surface area contributed by atoms with E-state index in [1.54, 1.807) is 19.2 Å². The average Bonchev–Trinajstić information content (AvgIpc) is 2.81. The van der Waals surface area contributed by atoms with Crippen molar-refractivity contribution in [3.63, 3.8) is 0 Å². The number of carbonyl (C=O) groups excluding carboxylic acids is 1. The number of hydrogen-bond acceptors (Lipinski definition) is 4. The Bertz CT molecular complexity index is 892. The highest BCUT2D eigenvalue weighted by molar-refractivity contribution is 6.30. The fourth-order valence-electron chi connectivity index (χ4n) is 4.47. The molecule has 0 bridgehead atoms. The van der Waals surface area contributed by atoms with E-state index in [4.69, 9.17) is 16.3 Å². The SMILES string of the molecule is COc1ccc(N2CCN(C(=O)C3CCN(Cc4ccc(Cl)cc4F)CC3)CC2)cc1. The van der Waals surface area contributed by atoms with Gasteiger partial charge in [0.15, 0.2) is 0 Å². The summed E-state index contributed by atoms with van der Waals surface area (Å²) in [5, 5.41) is 0.414. The van der Waals surface area contributed by atoms with Crippen molar-refractivity contribution in [2.75, 3.05) is 51.3 Å². The van der Waals surface area contributed by atoms with Crippen LogP contribution in [0.25, 0.3) is 0 Å². The molecule has 2 aliphatic rings. The summed E-state index contributed by atoms with van der Waals surface area (Å²) in [7, 11) is 1.67. The van der Waals surface area contributed by atoms with Gasteiger partial charge in [-0.05, 0) is 62.3 Å². The molecule has 0 unspecified atom stereocenters. The molecule has 2 saturated heterocycles. The second-order valence-electron chi connectivity index (χ2n) is 8.30. The lowest BCUT2D eigenvalue weighted by Gasteiger charge is -2.39. The Morgan fingerprint density at radius 2 is 1.71 bits per heavy atom. The zero-order valence-electron chi connectivity index (χ0n) is 17.9. The van der Waals surface area contributed by atoms with Crippen molar-refractivity contribution in [3.8, 4) is 5.75 Å². The summed E-state index contributed by atoms with van der Waals surface area (Å²) in [5.74, 6) is 0.925. The Kier molecular flexibility index (Phi) is 6.98. The van der Waals surface area contributed by atoms with Crippen LogP contribution in [-0.2, 0) is 11.3 Å². The van der Waals surface area contributed by atoms with Gasteiger partial charge >= 0.3 is 0 Å². The fourth-order valence-corrected chi connectivity index (χ4v) is 4.62. The maximum atomic E-state index is 14.1. The molecule has 2 aliphatic heterocycles. The van der Waals surface area contributed by atoms with E-state index in [1.807, 2.05) is 17.0 Å². The molecule has 0 radical (unpaired) electrons. The van der Waals surface area contributed by atoms with Crippen molar-refractivity contribution in [1.82, 2.24) is 9.80 Å². The molecule has 4 rings (SSSR count). The van der Waals surface area contributed by atoms with Gasteiger partial charge in [-0.1, -0.05) is 17.7 Å².